The summed E-state index contributed by atoms with van der Waals surface area (Å²) in [5, 5.41) is 6.15. The van der Waals surface area contributed by atoms with Crippen molar-refractivity contribution in [1.29, 1.82) is 0 Å². The van der Waals surface area contributed by atoms with Gasteiger partial charge in [-0.05, 0) is 30.9 Å². The predicted octanol–water partition coefficient (Wildman–Crippen LogP) is 2.28. The van der Waals surface area contributed by atoms with E-state index < -0.39 is 0 Å². The first-order valence-electron chi connectivity index (χ1n) is 5.21. The summed E-state index contributed by atoms with van der Waals surface area (Å²) in [4.78, 5) is 0. The topological polar surface area (TPSA) is 24.1 Å². The van der Waals surface area contributed by atoms with Crippen molar-refractivity contribution < 1.29 is 0 Å². The van der Waals surface area contributed by atoms with Crippen LogP contribution in [-0.2, 0) is 0 Å². The molecule has 0 aromatic carbocycles. The molecule has 0 aromatic heterocycles. The average molecular weight is 180 g/mol. The summed E-state index contributed by atoms with van der Waals surface area (Å²) in [7, 11) is 0. The summed E-state index contributed by atoms with van der Waals surface area (Å²) in [5.41, 5.74) is 0.445. The van der Waals surface area contributed by atoms with Gasteiger partial charge in [-0.25, -0.2) is 0 Å². The lowest BCUT2D eigenvalue weighted by Gasteiger charge is -2.32. The highest BCUT2D eigenvalue weighted by molar-refractivity contribution is 4.94. The second kappa shape index (κ2) is 5.28. The molecule has 0 fully saturated rings. The number of nitrogens with one attached hydrogen (secondary N) is 2. The van der Waals surface area contributed by atoms with Crippen molar-refractivity contribution in [3.8, 4) is 0 Å². The van der Waals surface area contributed by atoms with Crippen molar-refractivity contribution in [1.82, 2.24) is 10.6 Å². The fourth-order valence-corrected chi connectivity index (χ4v) is 1.93. The van der Waals surface area contributed by atoms with Crippen molar-refractivity contribution in [2.75, 3.05) is 6.54 Å². The van der Waals surface area contributed by atoms with Gasteiger partial charge >= 0.3 is 0 Å². The van der Waals surface area contributed by atoms with E-state index in [2.05, 4.69) is 37.2 Å². The first kappa shape index (κ1) is 10.6. The Hall–Kier alpha value is -0.500. The Labute approximate surface area is 81.8 Å². The Kier molecular flexibility index (Phi) is 4.29. The molecule has 0 amide bonds. The number of rotatable bonds is 3. The molecule has 1 rings (SSSR count). The normalized spacial score (nSPS) is 31.5. The minimum atomic E-state index is 0.445. The molecule has 1 aliphatic heterocycles. The molecule has 2 radical (unpaired) electrons. The summed E-state index contributed by atoms with van der Waals surface area (Å²) < 4.78 is 0. The summed E-state index contributed by atoms with van der Waals surface area (Å²) in [6.07, 6.45) is 9.14. The molecule has 0 spiro atoms. The third kappa shape index (κ3) is 3.03. The molecule has 0 saturated heterocycles. The maximum Gasteiger partial charge on any atom is 0.171 e. The van der Waals surface area contributed by atoms with E-state index in [1.54, 1.807) is 0 Å². The zero-order valence-electron chi connectivity index (χ0n) is 8.69. The molecule has 1 atom stereocenters. The zero-order valence-corrected chi connectivity index (χ0v) is 8.69. The molecular formula is C11H20N2. The van der Waals surface area contributed by atoms with Crippen LogP contribution in [0.3, 0.4) is 0 Å². The Morgan fingerprint density at radius 1 is 1.46 bits per heavy atom. The van der Waals surface area contributed by atoms with Crippen molar-refractivity contribution >= 4 is 0 Å². The fourth-order valence-electron chi connectivity index (χ4n) is 1.93. The van der Waals surface area contributed by atoms with Gasteiger partial charge in [0.1, 0.15) is 0 Å². The highest BCUT2D eigenvalue weighted by atomic mass is 15.1. The van der Waals surface area contributed by atoms with Crippen LogP contribution in [0.1, 0.15) is 39.5 Å². The Bertz CT molecular complexity index is 165. The van der Waals surface area contributed by atoms with Crippen LogP contribution in [0.15, 0.2) is 12.3 Å². The average Bonchev–Trinajstić information content (AvgIpc) is 2.10. The molecular weight excluding hydrogens is 160 g/mol. The molecule has 2 heteroatoms. The van der Waals surface area contributed by atoms with Gasteiger partial charge in [-0.15, -0.1) is 0 Å². The van der Waals surface area contributed by atoms with Gasteiger partial charge in [-0.2, -0.15) is 0 Å². The van der Waals surface area contributed by atoms with E-state index in [9.17, 15) is 0 Å². The van der Waals surface area contributed by atoms with Crippen LogP contribution in [0.2, 0.25) is 0 Å². The van der Waals surface area contributed by atoms with Crippen molar-refractivity contribution in [2.45, 2.75) is 39.5 Å². The van der Waals surface area contributed by atoms with Crippen molar-refractivity contribution in [2.24, 2.45) is 5.41 Å². The predicted molar refractivity (Wildman–Crippen MR) is 55.8 cm³/mol. The third-order valence-corrected chi connectivity index (χ3v) is 2.91. The molecule has 2 N–H and O–H groups in total. The van der Waals surface area contributed by atoms with E-state index >= 15 is 0 Å². The van der Waals surface area contributed by atoms with Crippen LogP contribution in [-0.4, -0.2) is 6.54 Å². The van der Waals surface area contributed by atoms with E-state index in [0.29, 0.717) is 5.41 Å². The maximum atomic E-state index is 3.20. The number of hydrogen-bond acceptors (Lipinski definition) is 2. The molecule has 74 valence electrons. The van der Waals surface area contributed by atoms with E-state index in [1.165, 1.54) is 25.7 Å². The van der Waals surface area contributed by atoms with E-state index in [-0.39, 0.29) is 0 Å². The Morgan fingerprint density at radius 2 is 2.31 bits per heavy atom. The summed E-state index contributed by atoms with van der Waals surface area (Å²) in [5.74, 6) is 0. The van der Waals surface area contributed by atoms with E-state index in [0.717, 1.165) is 6.54 Å². The van der Waals surface area contributed by atoms with E-state index in [4.69, 9.17) is 0 Å². The Balaban J connectivity index is 2.58. The zero-order chi connectivity index (χ0) is 9.57. The maximum absolute atomic E-state index is 3.20. The minimum Gasteiger partial charge on any atom is -0.367 e. The van der Waals surface area contributed by atoms with Gasteiger partial charge in [-0.1, -0.05) is 26.3 Å². The van der Waals surface area contributed by atoms with Crippen molar-refractivity contribution in [3.05, 3.63) is 18.9 Å². The summed E-state index contributed by atoms with van der Waals surface area (Å²) in [6.45, 7) is 8.52. The van der Waals surface area contributed by atoms with Gasteiger partial charge in [0.05, 0.1) is 0 Å². The number of allylic oxidation sites excluding steroid dienone is 1. The van der Waals surface area contributed by atoms with Gasteiger partial charge in [-0.3, -0.25) is 5.32 Å². The lowest BCUT2D eigenvalue weighted by Crippen LogP contribution is -2.36. The molecule has 0 bridgehead atoms. The van der Waals surface area contributed by atoms with Gasteiger partial charge in [0, 0.05) is 6.54 Å². The second-order valence-corrected chi connectivity index (χ2v) is 3.83. The second-order valence-electron chi connectivity index (χ2n) is 3.83. The Morgan fingerprint density at radius 3 is 3.00 bits per heavy atom. The quantitative estimate of drug-likeness (QED) is 0.696. The van der Waals surface area contributed by atoms with Crippen LogP contribution in [0.25, 0.3) is 0 Å². The largest absolute Gasteiger partial charge is 0.367 e. The first-order chi connectivity index (χ1) is 6.33. The molecule has 1 heterocycles. The lowest BCUT2D eigenvalue weighted by molar-refractivity contribution is 0.241. The highest BCUT2D eigenvalue weighted by Crippen LogP contribution is 2.32. The SMILES string of the molecule is CCCC1(CC)C/C=C\N[C]NC1. The smallest absolute Gasteiger partial charge is 0.171 e. The molecule has 2 nitrogen and oxygen atoms in total. The van der Waals surface area contributed by atoms with Gasteiger partial charge in [0.25, 0.3) is 0 Å². The minimum absolute atomic E-state index is 0.445. The highest BCUT2D eigenvalue weighted by Gasteiger charge is 2.25. The monoisotopic (exact) mass is 180 g/mol. The summed E-state index contributed by atoms with van der Waals surface area (Å²) >= 11 is 0. The molecule has 0 aliphatic carbocycles. The van der Waals surface area contributed by atoms with Gasteiger partial charge < -0.3 is 5.32 Å². The molecule has 13 heavy (non-hydrogen) atoms. The molecule has 0 aromatic rings. The van der Waals surface area contributed by atoms with Crippen LogP contribution in [0.5, 0.6) is 0 Å². The summed E-state index contributed by atoms with van der Waals surface area (Å²) in [6, 6.07) is 0. The van der Waals surface area contributed by atoms with Crippen LogP contribution < -0.4 is 10.6 Å². The van der Waals surface area contributed by atoms with Crippen LogP contribution in [0.4, 0.5) is 0 Å². The fraction of sp³-hybridized carbons (Fsp3) is 0.727. The van der Waals surface area contributed by atoms with Crippen LogP contribution >= 0.6 is 0 Å². The van der Waals surface area contributed by atoms with Crippen molar-refractivity contribution in [3.63, 3.8) is 0 Å². The number of hydrogen-bond donors (Lipinski definition) is 2. The first-order valence-corrected chi connectivity index (χ1v) is 5.21. The standard InChI is InChI=1S/C11H20N2/c1-3-6-11(4-2)7-5-8-12-10-13-9-11/h5,8,12-13H,3-4,6-7,9H2,1-2H3/b8-5-. The molecule has 1 aliphatic rings. The molecule has 1 unspecified atom stereocenters. The van der Waals surface area contributed by atoms with E-state index in [1.807, 2.05) is 6.20 Å². The lowest BCUT2D eigenvalue weighted by atomic mass is 9.77. The third-order valence-electron chi connectivity index (χ3n) is 2.91. The van der Waals surface area contributed by atoms with Crippen LogP contribution in [0, 0.1) is 12.1 Å². The van der Waals surface area contributed by atoms with Gasteiger partial charge in [0.15, 0.2) is 6.67 Å². The molecule has 0 saturated carbocycles. The van der Waals surface area contributed by atoms with Gasteiger partial charge in [0.2, 0.25) is 0 Å².